The molecule has 5 heteroatoms. The molecule has 0 aromatic heterocycles. The van der Waals surface area contributed by atoms with E-state index in [1.54, 1.807) is 33.5 Å². The molecule has 0 saturated carbocycles. The number of ether oxygens (including phenoxy) is 4. The molecular formula is C18H18O5. The second-order valence-corrected chi connectivity index (χ2v) is 5.11. The maximum atomic E-state index is 9.53. The van der Waals surface area contributed by atoms with Gasteiger partial charge in [-0.15, -0.1) is 0 Å². The Morgan fingerprint density at radius 1 is 1.00 bits per heavy atom. The minimum atomic E-state index is 0.189. The first-order valence-corrected chi connectivity index (χ1v) is 7.15. The Morgan fingerprint density at radius 3 is 2.48 bits per heavy atom. The lowest BCUT2D eigenvalue weighted by atomic mass is 10.1. The zero-order valence-electron chi connectivity index (χ0n) is 13.3. The molecule has 120 valence electrons. The minimum Gasteiger partial charge on any atom is -0.508 e. The van der Waals surface area contributed by atoms with Crippen LogP contribution in [0.1, 0.15) is 11.1 Å². The van der Waals surface area contributed by atoms with E-state index in [0.29, 0.717) is 29.4 Å². The van der Waals surface area contributed by atoms with Gasteiger partial charge in [0, 0.05) is 23.6 Å². The summed E-state index contributed by atoms with van der Waals surface area (Å²) in [5.41, 5.74) is 1.87. The van der Waals surface area contributed by atoms with Gasteiger partial charge in [-0.2, -0.15) is 0 Å². The molecule has 0 unspecified atom stereocenters. The van der Waals surface area contributed by atoms with Gasteiger partial charge in [-0.25, -0.2) is 0 Å². The van der Waals surface area contributed by atoms with Crippen LogP contribution in [0.2, 0.25) is 0 Å². The summed E-state index contributed by atoms with van der Waals surface area (Å²) < 4.78 is 21.9. The number of hydrogen-bond acceptors (Lipinski definition) is 5. The third-order valence-corrected chi connectivity index (χ3v) is 3.71. The van der Waals surface area contributed by atoms with Crippen LogP contribution in [0.4, 0.5) is 0 Å². The molecule has 0 radical (unpaired) electrons. The van der Waals surface area contributed by atoms with Gasteiger partial charge >= 0.3 is 0 Å². The molecule has 0 aliphatic carbocycles. The van der Waals surface area contributed by atoms with E-state index in [4.69, 9.17) is 18.9 Å². The van der Waals surface area contributed by atoms with E-state index in [2.05, 4.69) is 0 Å². The number of benzene rings is 2. The molecule has 0 fully saturated rings. The number of methoxy groups -OCH3 is 3. The van der Waals surface area contributed by atoms with Crippen molar-refractivity contribution in [3.8, 4) is 28.7 Å². The van der Waals surface area contributed by atoms with Gasteiger partial charge in [0.05, 0.1) is 21.3 Å². The van der Waals surface area contributed by atoms with E-state index in [-0.39, 0.29) is 5.75 Å². The molecule has 0 atom stereocenters. The zero-order valence-corrected chi connectivity index (χ0v) is 13.3. The second kappa shape index (κ2) is 6.12. The molecular weight excluding hydrogens is 296 g/mol. The van der Waals surface area contributed by atoms with Gasteiger partial charge < -0.3 is 24.1 Å². The molecule has 2 aromatic rings. The third-order valence-electron chi connectivity index (χ3n) is 3.71. The van der Waals surface area contributed by atoms with E-state index in [0.717, 1.165) is 16.9 Å². The highest BCUT2D eigenvalue weighted by Crippen LogP contribution is 2.42. The topological polar surface area (TPSA) is 57.2 Å². The number of phenolic OH excluding ortho intramolecular Hbond substituents is 1. The van der Waals surface area contributed by atoms with E-state index in [9.17, 15) is 5.11 Å². The van der Waals surface area contributed by atoms with Crippen LogP contribution in [0.5, 0.6) is 28.7 Å². The van der Waals surface area contributed by atoms with Crippen molar-refractivity contribution in [2.24, 2.45) is 0 Å². The molecule has 0 bridgehead atoms. The molecule has 1 aliphatic heterocycles. The summed E-state index contributed by atoms with van der Waals surface area (Å²) in [6, 6.07) is 8.83. The zero-order chi connectivity index (χ0) is 16.4. The maximum Gasteiger partial charge on any atom is 0.203 e. The monoisotopic (exact) mass is 314 g/mol. The van der Waals surface area contributed by atoms with Gasteiger partial charge in [-0.1, -0.05) is 6.07 Å². The van der Waals surface area contributed by atoms with Crippen molar-refractivity contribution in [1.82, 2.24) is 0 Å². The van der Waals surface area contributed by atoms with Crippen LogP contribution in [0.15, 0.2) is 36.1 Å². The van der Waals surface area contributed by atoms with Crippen molar-refractivity contribution >= 4 is 6.08 Å². The lowest BCUT2D eigenvalue weighted by Gasteiger charge is -2.14. The Morgan fingerprint density at radius 2 is 1.78 bits per heavy atom. The summed E-state index contributed by atoms with van der Waals surface area (Å²) in [4.78, 5) is 0. The summed E-state index contributed by atoms with van der Waals surface area (Å²) in [5, 5.41) is 9.53. The smallest absolute Gasteiger partial charge is 0.203 e. The van der Waals surface area contributed by atoms with Crippen molar-refractivity contribution in [3.05, 3.63) is 47.2 Å². The van der Waals surface area contributed by atoms with Crippen LogP contribution in [-0.4, -0.2) is 26.4 Å². The highest BCUT2D eigenvalue weighted by molar-refractivity contribution is 5.68. The van der Waals surface area contributed by atoms with Gasteiger partial charge in [-0.05, 0) is 24.3 Å². The van der Waals surface area contributed by atoms with Gasteiger partial charge in [0.1, 0.15) is 17.3 Å². The van der Waals surface area contributed by atoms with E-state index in [1.807, 2.05) is 24.3 Å². The summed E-state index contributed by atoms with van der Waals surface area (Å²) in [5.74, 6) is 3.37. The van der Waals surface area contributed by atoms with Crippen LogP contribution in [0.3, 0.4) is 0 Å². The number of fused-ring (bicyclic) bond motifs is 1. The van der Waals surface area contributed by atoms with Crippen molar-refractivity contribution in [2.45, 2.75) is 6.42 Å². The molecule has 0 saturated heterocycles. The summed E-state index contributed by atoms with van der Waals surface area (Å²) in [7, 11) is 4.74. The van der Waals surface area contributed by atoms with E-state index >= 15 is 0 Å². The molecule has 1 heterocycles. The molecule has 0 amide bonds. The van der Waals surface area contributed by atoms with Crippen LogP contribution in [-0.2, 0) is 6.42 Å². The van der Waals surface area contributed by atoms with Crippen molar-refractivity contribution in [3.63, 3.8) is 0 Å². The summed E-state index contributed by atoms with van der Waals surface area (Å²) in [6.45, 7) is 0. The number of rotatable bonds is 4. The van der Waals surface area contributed by atoms with Crippen molar-refractivity contribution < 1.29 is 24.1 Å². The minimum absolute atomic E-state index is 0.189. The second-order valence-electron chi connectivity index (χ2n) is 5.11. The first-order chi connectivity index (χ1) is 11.2. The van der Waals surface area contributed by atoms with Crippen LogP contribution in [0, 0.1) is 0 Å². The third kappa shape index (κ3) is 2.77. The number of aromatic hydroxyl groups is 1. The number of allylic oxidation sites excluding steroid dienone is 1. The molecule has 3 rings (SSSR count). The Labute approximate surface area is 134 Å². The van der Waals surface area contributed by atoms with Gasteiger partial charge in [0.25, 0.3) is 0 Å². The predicted molar refractivity (Wildman–Crippen MR) is 86.5 cm³/mol. The van der Waals surface area contributed by atoms with E-state index < -0.39 is 0 Å². The Kier molecular flexibility index (Phi) is 4.02. The lowest BCUT2D eigenvalue weighted by Crippen LogP contribution is -1.97. The highest BCUT2D eigenvalue weighted by Gasteiger charge is 2.20. The molecule has 1 aliphatic rings. The van der Waals surface area contributed by atoms with Gasteiger partial charge in [0.2, 0.25) is 5.75 Å². The van der Waals surface area contributed by atoms with Gasteiger partial charge in [-0.3, -0.25) is 0 Å². The normalized spacial score (nSPS) is 14.3. The van der Waals surface area contributed by atoms with E-state index in [1.165, 1.54) is 0 Å². The summed E-state index contributed by atoms with van der Waals surface area (Å²) >= 11 is 0. The molecule has 2 aromatic carbocycles. The number of phenols is 1. The molecule has 5 nitrogen and oxygen atoms in total. The summed E-state index contributed by atoms with van der Waals surface area (Å²) in [6.07, 6.45) is 2.56. The van der Waals surface area contributed by atoms with Crippen LogP contribution >= 0.6 is 0 Å². The highest BCUT2D eigenvalue weighted by atomic mass is 16.5. The predicted octanol–water partition coefficient (Wildman–Crippen LogP) is 3.39. The van der Waals surface area contributed by atoms with Crippen molar-refractivity contribution in [1.29, 1.82) is 0 Å². The Bertz CT molecular complexity index is 764. The average molecular weight is 314 g/mol. The van der Waals surface area contributed by atoms with Gasteiger partial charge in [0.15, 0.2) is 11.5 Å². The Balaban J connectivity index is 1.98. The number of hydrogen-bond donors (Lipinski definition) is 1. The molecule has 1 N–H and O–H groups in total. The quantitative estimate of drug-likeness (QED) is 0.937. The molecule has 0 spiro atoms. The standard InChI is InChI=1S/C18H18O5/c1-20-15-7-5-12(17(21-2)18(15)22-3)9-14-8-11-4-6-13(19)10-16(11)23-14/h4-7,9-10,19H,8H2,1-3H3. The van der Waals surface area contributed by atoms with Crippen LogP contribution in [0.25, 0.3) is 6.08 Å². The molecule has 23 heavy (non-hydrogen) atoms. The fraction of sp³-hybridized carbons (Fsp3) is 0.222. The first kappa shape index (κ1) is 15.1. The van der Waals surface area contributed by atoms with Crippen molar-refractivity contribution in [2.75, 3.05) is 21.3 Å². The first-order valence-electron chi connectivity index (χ1n) is 7.15. The average Bonchev–Trinajstić information content (AvgIpc) is 2.95. The van der Waals surface area contributed by atoms with Crippen LogP contribution < -0.4 is 18.9 Å². The Hall–Kier alpha value is -2.82. The fourth-order valence-electron chi connectivity index (χ4n) is 2.64. The fourth-order valence-corrected chi connectivity index (χ4v) is 2.64. The SMILES string of the molecule is COc1ccc(C=C2Cc3ccc(O)cc3O2)c(OC)c1OC. The lowest BCUT2D eigenvalue weighted by molar-refractivity contribution is 0.324. The largest absolute Gasteiger partial charge is 0.508 e. The maximum absolute atomic E-state index is 9.53.